The first-order chi connectivity index (χ1) is 8.69. The lowest BCUT2D eigenvalue weighted by Gasteiger charge is -2.33. The van der Waals surface area contributed by atoms with E-state index in [1.165, 1.54) is 0 Å². The summed E-state index contributed by atoms with van der Waals surface area (Å²) in [6.07, 6.45) is 0. The van der Waals surface area contributed by atoms with E-state index in [4.69, 9.17) is 20.8 Å². The third kappa shape index (κ3) is 3.48. The van der Waals surface area contributed by atoms with E-state index in [0.717, 1.165) is 18.8 Å². The maximum atomic E-state index is 11.9. The van der Waals surface area contributed by atoms with Crippen molar-refractivity contribution in [3.8, 4) is 0 Å². The van der Waals surface area contributed by atoms with Gasteiger partial charge in [0.2, 0.25) is 5.91 Å². The number of hydrogen-bond donors (Lipinski definition) is 0. The molecule has 0 bridgehead atoms. The Morgan fingerprint density at radius 2 is 2.28 bits per heavy atom. The van der Waals surface area contributed by atoms with E-state index in [1.807, 2.05) is 11.0 Å². The Bertz CT molecular complexity index is 408. The van der Waals surface area contributed by atoms with Gasteiger partial charge in [-0.25, -0.2) is 0 Å². The molecule has 1 aliphatic heterocycles. The van der Waals surface area contributed by atoms with Crippen molar-refractivity contribution in [3.63, 3.8) is 0 Å². The highest BCUT2D eigenvalue weighted by atomic mass is 35.5. The average Bonchev–Trinajstić information content (AvgIpc) is 2.74. The van der Waals surface area contributed by atoms with Crippen LogP contribution < -0.4 is 0 Å². The number of carbonyl (C=O) groups excluding carboxylic acids is 1. The van der Waals surface area contributed by atoms with Crippen LogP contribution in [0.3, 0.4) is 0 Å². The SMILES string of the molecule is COCCN1CCN(Cc2ccc(Cl)o2)CC1=O. The Hall–Kier alpha value is -1.04. The number of rotatable bonds is 5. The molecule has 2 heterocycles. The molecule has 0 atom stereocenters. The topological polar surface area (TPSA) is 45.9 Å². The first kappa shape index (κ1) is 13.4. The van der Waals surface area contributed by atoms with E-state index < -0.39 is 0 Å². The number of amides is 1. The molecule has 1 amide bonds. The third-order valence-electron chi connectivity index (χ3n) is 2.97. The highest BCUT2D eigenvalue weighted by Gasteiger charge is 2.24. The highest BCUT2D eigenvalue weighted by molar-refractivity contribution is 6.28. The minimum atomic E-state index is 0.135. The number of nitrogens with zero attached hydrogens (tertiary/aromatic N) is 2. The Kier molecular flexibility index (Phi) is 4.63. The van der Waals surface area contributed by atoms with Crippen LogP contribution in [0.25, 0.3) is 0 Å². The van der Waals surface area contributed by atoms with Crippen LogP contribution in [0.4, 0.5) is 0 Å². The normalized spacial score (nSPS) is 17.4. The second-order valence-corrected chi connectivity index (χ2v) is 4.66. The summed E-state index contributed by atoms with van der Waals surface area (Å²) in [5.41, 5.74) is 0. The van der Waals surface area contributed by atoms with Gasteiger partial charge in [-0.05, 0) is 23.7 Å². The van der Waals surface area contributed by atoms with Gasteiger partial charge >= 0.3 is 0 Å². The van der Waals surface area contributed by atoms with Crippen molar-refractivity contribution in [1.82, 2.24) is 9.80 Å². The molecule has 1 aromatic rings. The Labute approximate surface area is 111 Å². The van der Waals surface area contributed by atoms with Gasteiger partial charge in [0, 0.05) is 26.7 Å². The van der Waals surface area contributed by atoms with Crippen LogP contribution in [0.5, 0.6) is 0 Å². The van der Waals surface area contributed by atoms with Gasteiger partial charge in [-0.3, -0.25) is 9.69 Å². The Morgan fingerprint density at radius 3 is 2.89 bits per heavy atom. The lowest BCUT2D eigenvalue weighted by Crippen LogP contribution is -2.50. The summed E-state index contributed by atoms with van der Waals surface area (Å²) < 4.78 is 10.3. The van der Waals surface area contributed by atoms with E-state index in [9.17, 15) is 4.79 Å². The monoisotopic (exact) mass is 272 g/mol. The van der Waals surface area contributed by atoms with Crippen molar-refractivity contribution >= 4 is 17.5 Å². The van der Waals surface area contributed by atoms with Gasteiger partial charge in [-0.2, -0.15) is 0 Å². The number of piperazine rings is 1. The van der Waals surface area contributed by atoms with Crippen molar-refractivity contribution in [2.45, 2.75) is 6.54 Å². The summed E-state index contributed by atoms with van der Waals surface area (Å²) in [5, 5.41) is 0.384. The van der Waals surface area contributed by atoms with Gasteiger partial charge in [0.15, 0.2) is 5.22 Å². The quantitative estimate of drug-likeness (QED) is 0.809. The molecule has 1 aromatic heterocycles. The van der Waals surface area contributed by atoms with Crippen molar-refractivity contribution in [1.29, 1.82) is 0 Å². The molecule has 1 fully saturated rings. The predicted molar refractivity (Wildman–Crippen MR) is 67.5 cm³/mol. The molecule has 0 radical (unpaired) electrons. The number of methoxy groups -OCH3 is 1. The molecule has 0 unspecified atom stereocenters. The lowest BCUT2D eigenvalue weighted by atomic mass is 10.3. The van der Waals surface area contributed by atoms with E-state index >= 15 is 0 Å². The highest BCUT2D eigenvalue weighted by Crippen LogP contribution is 2.16. The predicted octanol–water partition coefficient (Wildman–Crippen LogP) is 1.22. The van der Waals surface area contributed by atoms with E-state index in [1.54, 1.807) is 13.2 Å². The van der Waals surface area contributed by atoms with Crippen LogP contribution in [-0.2, 0) is 16.1 Å². The molecule has 0 aliphatic carbocycles. The van der Waals surface area contributed by atoms with Crippen LogP contribution in [0.2, 0.25) is 5.22 Å². The second-order valence-electron chi connectivity index (χ2n) is 4.29. The molecule has 0 aromatic carbocycles. The minimum Gasteiger partial charge on any atom is -0.448 e. The zero-order valence-electron chi connectivity index (χ0n) is 10.4. The molecule has 1 aliphatic rings. The lowest BCUT2D eigenvalue weighted by molar-refractivity contribution is -0.137. The zero-order chi connectivity index (χ0) is 13.0. The molecule has 0 saturated carbocycles. The number of halogens is 1. The summed E-state index contributed by atoms with van der Waals surface area (Å²) in [6.45, 7) is 3.86. The Morgan fingerprint density at radius 1 is 1.44 bits per heavy atom. The van der Waals surface area contributed by atoms with Crippen LogP contribution in [0, 0.1) is 0 Å². The van der Waals surface area contributed by atoms with Crippen molar-refractivity contribution in [2.75, 3.05) is 39.9 Å². The first-order valence-electron chi connectivity index (χ1n) is 5.92. The fourth-order valence-electron chi connectivity index (χ4n) is 1.99. The molecule has 5 nitrogen and oxygen atoms in total. The van der Waals surface area contributed by atoms with Gasteiger partial charge in [-0.1, -0.05) is 0 Å². The number of carbonyl (C=O) groups is 1. The Balaban J connectivity index is 1.82. The van der Waals surface area contributed by atoms with Crippen LogP contribution >= 0.6 is 11.6 Å². The molecule has 6 heteroatoms. The molecule has 18 heavy (non-hydrogen) atoms. The molecule has 1 saturated heterocycles. The van der Waals surface area contributed by atoms with Crippen LogP contribution in [0.15, 0.2) is 16.5 Å². The summed E-state index contributed by atoms with van der Waals surface area (Å²) in [7, 11) is 1.64. The molecule has 100 valence electrons. The molecular formula is C12H17ClN2O3. The van der Waals surface area contributed by atoms with Crippen LogP contribution in [0.1, 0.15) is 5.76 Å². The van der Waals surface area contributed by atoms with Gasteiger partial charge in [0.1, 0.15) is 5.76 Å². The maximum absolute atomic E-state index is 11.9. The van der Waals surface area contributed by atoms with Gasteiger partial charge < -0.3 is 14.1 Å². The van der Waals surface area contributed by atoms with Gasteiger partial charge in [0.05, 0.1) is 19.7 Å². The summed E-state index contributed by atoms with van der Waals surface area (Å²) in [5.74, 6) is 0.925. The van der Waals surface area contributed by atoms with E-state index in [-0.39, 0.29) is 5.91 Å². The van der Waals surface area contributed by atoms with Crippen molar-refractivity contribution < 1.29 is 13.9 Å². The summed E-state index contributed by atoms with van der Waals surface area (Å²) in [4.78, 5) is 15.8. The van der Waals surface area contributed by atoms with E-state index in [0.29, 0.717) is 31.5 Å². The van der Waals surface area contributed by atoms with Gasteiger partial charge in [0.25, 0.3) is 0 Å². The first-order valence-corrected chi connectivity index (χ1v) is 6.30. The average molecular weight is 273 g/mol. The fraction of sp³-hybridized carbons (Fsp3) is 0.583. The number of furan rings is 1. The fourth-order valence-corrected chi connectivity index (χ4v) is 2.15. The number of ether oxygens (including phenoxy) is 1. The smallest absolute Gasteiger partial charge is 0.236 e. The molecule has 0 spiro atoms. The van der Waals surface area contributed by atoms with Crippen LogP contribution in [-0.4, -0.2) is 55.6 Å². The van der Waals surface area contributed by atoms with Gasteiger partial charge in [-0.15, -0.1) is 0 Å². The standard InChI is InChI=1S/C12H17ClN2O3/c1-17-7-6-15-5-4-14(9-12(15)16)8-10-2-3-11(13)18-10/h2-3H,4-9H2,1H3. The van der Waals surface area contributed by atoms with Crippen molar-refractivity contribution in [3.05, 3.63) is 23.1 Å². The maximum Gasteiger partial charge on any atom is 0.236 e. The van der Waals surface area contributed by atoms with Crippen molar-refractivity contribution in [2.24, 2.45) is 0 Å². The largest absolute Gasteiger partial charge is 0.448 e. The third-order valence-corrected chi connectivity index (χ3v) is 3.17. The molecule has 2 rings (SSSR count). The minimum absolute atomic E-state index is 0.135. The number of hydrogen-bond acceptors (Lipinski definition) is 4. The second kappa shape index (κ2) is 6.22. The van der Waals surface area contributed by atoms with E-state index in [2.05, 4.69) is 4.90 Å². The molecule has 0 N–H and O–H groups in total. The zero-order valence-corrected chi connectivity index (χ0v) is 11.2. The molecular weight excluding hydrogens is 256 g/mol. The summed E-state index contributed by atoms with van der Waals surface area (Å²) >= 11 is 5.71. The summed E-state index contributed by atoms with van der Waals surface area (Å²) in [6, 6.07) is 3.55.